The van der Waals surface area contributed by atoms with E-state index in [0.717, 1.165) is 38.2 Å². The number of benzene rings is 1. The van der Waals surface area contributed by atoms with E-state index in [1.54, 1.807) is 4.90 Å². The Kier molecular flexibility index (Phi) is 7.65. The van der Waals surface area contributed by atoms with Crippen LogP contribution in [-0.2, 0) is 4.74 Å². The van der Waals surface area contributed by atoms with Gasteiger partial charge in [-0.25, -0.2) is 4.79 Å². The molecule has 0 radical (unpaired) electrons. The van der Waals surface area contributed by atoms with Crippen LogP contribution in [0.25, 0.3) is 0 Å². The van der Waals surface area contributed by atoms with Gasteiger partial charge in [-0.2, -0.15) is 0 Å². The Morgan fingerprint density at radius 3 is 2.84 bits per heavy atom. The van der Waals surface area contributed by atoms with Crippen LogP contribution in [0.15, 0.2) is 18.2 Å². The number of rotatable bonds is 3. The standard InChI is InChI=1S/C17H23Cl2N3O2.ClH/c1-21-6-2-7-22(17(21)23)11-16-13(10-20-5-8-24-16)12-3-4-14(18)15(19)9-12;/h3-4,9,13,16,20H,2,5-8,10-11H2,1H3;1H/t13-,16+;/m0./s1. The Hall–Kier alpha value is -0.720. The maximum atomic E-state index is 12.4. The molecule has 0 bridgehead atoms. The maximum absolute atomic E-state index is 12.4. The van der Waals surface area contributed by atoms with E-state index in [1.165, 1.54) is 0 Å². The maximum Gasteiger partial charge on any atom is 0.319 e. The minimum Gasteiger partial charge on any atom is -0.374 e. The van der Waals surface area contributed by atoms with Crippen LogP contribution < -0.4 is 5.32 Å². The van der Waals surface area contributed by atoms with Gasteiger partial charge in [0.2, 0.25) is 0 Å². The molecule has 1 aromatic carbocycles. The molecule has 0 aromatic heterocycles. The number of hydrogen-bond acceptors (Lipinski definition) is 3. The second-order valence-electron chi connectivity index (χ2n) is 6.40. The topological polar surface area (TPSA) is 44.8 Å². The molecule has 0 unspecified atom stereocenters. The highest BCUT2D eigenvalue weighted by Crippen LogP contribution is 2.30. The highest BCUT2D eigenvalue weighted by atomic mass is 35.5. The van der Waals surface area contributed by atoms with Crippen LogP contribution in [0.1, 0.15) is 17.9 Å². The summed E-state index contributed by atoms with van der Waals surface area (Å²) in [6, 6.07) is 5.80. The van der Waals surface area contributed by atoms with Gasteiger partial charge in [0.05, 0.1) is 22.8 Å². The molecule has 0 aliphatic carbocycles. The lowest BCUT2D eigenvalue weighted by Gasteiger charge is -2.37. The van der Waals surface area contributed by atoms with Crippen LogP contribution >= 0.6 is 35.6 Å². The van der Waals surface area contributed by atoms with Crippen molar-refractivity contribution in [2.45, 2.75) is 18.4 Å². The van der Waals surface area contributed by atoms with E-state index in [4.69, 9.17) is 27.9 Å². The van der Waals surface area contributed by atoms with Crippen LogP contribution in [0.4, 0.5) is 4.79 Å². The molecule has 8 heteroatoms. The SMILES string of the molecule is CN1CCCN(C[C@H]2OCCNC[C@H]2c2ccc(Cl)c(Cl)c2)C1=O.Cl. The molecule has 0 saturated carbocycles. The third kappa shape index (κ3) is 4.92. The van der Waals surface area contributed by atoms with Crippen molar-refractivity contribution in [3.63, 3.8) is 0 Å². The van der Waals surface area contributed by atoms with Gasteiger partial charge < -0.3 is 19.9 Å². The van der Waals surface area contributed by atoms with Crippen molar-refractivity contribution >= 4 is 41.6 Å². The van der Waals surface area contributed by atoms with Crippen LogP contribution in [0, 0.1) is 0 Å². The summed E-state index contributed by atoms with van der Waals surface area (Å²) in [5, 5.41) is 4.50. The smallest absolute Gasteiger partial charge is 0.319 e. The number of carbonyl (C=O) groups is 1. The Morgan fingerprint density at radius 1 is 1.28 bits per heavy atom. The first kappa shape index (κ1) is 20.6. The second-order valence-corrected chi connectivity index (χ2v) is 7.21. The van der Waals surface area contributed by atoms with E-state index >= 15 is 0 Å². The van der Waals surface area contributed by atoms with Gasteiger partial charge in [-0.05, 0) is 24.1 Å². The van der Waals surface area contributed by atoms with E-state index < -0.39 is 0 Å². The number of carbonyl (C=O) groups excluding carboxylic acids is 1. The van der Waals surface area contributed by atoms with Gasteiger partial charge in [0.1, 0.15) is 0 Å². The second kappa shape index (κ2) is 9.28. The number of ether oxygens (including phenoxy) is 1. The van der Waals surface area contributed by atoms with Crippen molar-refractivity contribution in [3.8, 4) is 0 Å². The fraction of sp³-hybridized carbons (Fsp3) is 0.588. The first-order chi connectivity index (χ1) is 11.6. The van der Waals surface area contributed by atoms with Gasteiger partial charge in [-0.1, -0.05) is 29.3 Å². The molecular formula is C17H24Cl3N3O2. The third-order valence-electron chi connectivity index (χ3n) is 4.71. The molecular weight excluding hydrogens is 385 g/mol. The molecule has 2 amide bonds. The minimum absolute atomic E-state index is 0. The summed E-state index contributed by atoms with van der Waals surface area (Å²) in [5.74, 6) is 0.127. The molecule has 3 rings (SSSR count). The average Bonchev–Trinajstić information content (AvgIpc) is 2.80. The molecule has 5 nitrogen and oxygen atoms in total. The molecule has 2 saturated heterocycles. The molecule has 1 aromatic rings. The van der Waals surface area contributed by atoms with E-state index in [0.29, 0.717) is 23.2 Å². The van der Waals surface area contributed by atoms with Gasteiger partial charge in [-0.3, -0.25) is 0 Å². The molecule has 1 N–H and O–H groups in total. The van der Waals surface area contributed by atoms with Crippen molar-refractivity contribution in [2.24, 2.45) is 0 Å². The highest BCUT2D eigenvalue weighted by molar-refractivity contribution is 6.42. The number of nitrogens with one attached hydrogen (secondary N) is 1. The van der Waals surface area contributed by atoms with Crippen molar-refractivity contribution in [1.82, 2.24) is 15.1 Å². The number of urea groups is 1. The number of halogens is 3. The molecule has 2 atom stereocenters. The molecule has 2 aliphatic rings. The van der Waals surface area contributed by atoms with Crippen molar-refractivity contribution in [1.29, 1.82) is 0 Å². The van der Waals surface area contributed by atoms with Crippen LogP contribution in [-0.4, -0.2) is 68.3 Å². The first-order valence-electron chi connectivity index (χ1n) is 8.33. The Labute approximate surface area is 165 Å². The lowest BCUT2D eigenvalue weighted by molar-refractivity contribution is 0.0237. The zero-order chi connectivity index (χ0) is 17.1. The van der Waals surface area contributed by atoms with Gasteiger partial charge in [0.25, 0.3) is 0 Å². The quantitative estimate of drug-likeness (QED) is 0.835. The number of amides is 2. The predicted octanol–water partition coefficient (Wildman–Crippen LogP) is 3.24. The number of hydrogen-bond donors (Lipinski definition) is 1. The average molecular weight is 409 g/mol. The monoisotopic (exact) mass is 407 g/mol. The minimum atomic E-state index is -0.0623. The van der Waals surface area contributed by atoms with Crippen molar-refractivity contribution in [3.05, 3.63) is 33.8 Å². The van der Waals surface area contributed by atoms with Gasteiger partial charge in [0.15, 0.2) is 0 Å². The Morgan fingerprint density at radius 2 is 2.08 bits per heavy atom. The molecule has 2 fully saturated rings. The summed E-state index contributed by atoms with van der Waals surface area (Å²) < 4.78 is 6.08. The highest BCUT2D eigenvalue weighted by Gasteiger charge is 2.32. The van der Waals surface area contributed by atoms with Crippen LogP contribution in [0.3, 0.4) is 0 Å². The van der Waals surface area contributed by atoms with Gasteiger partial charge in [-0.15, -0.1) is 12.4 Å². The summed E-state index contributed by atoms with van der Waals surface area (Å²) in [5.41, 5.74) is 1.08. The van der Waals surface area contributed by atoms with Crippen LogP contribution in [0.5, 0.6) is 0 Å². The summed E-state index contributed by atoms with van der Waals surface area (Å²) in [7, 11) is 1.85. The molecule has 2 aliphatic heterocycles. The van der Waals surface area contributed by atoms with Crippen molar-refractivity contribution < 1.29 is 9.53 Å². The molecule has 140 valence electrons. The molecule has 2 heterocycles. The summed E-state index contributed by atoms with van der Waals surface area (Å²) >= 11 is 12.2. The number of nitrogens with zero attached hydrogens (tertiary/aromatic N) is 2. The zero-order valence-electron chi connectivity index (χ0n) is 14.2. The van der Waals surface area contributed by atoms with Crippen LogP contribution in [0.2, 0.25) is 10.0 Å². The summed E-state index contributed by atoms with van der Waals surface area (Å²) in [4.78, 5) is 16.0. The lowest BCUT2D eigenvalue weighted by Crippen LogP contribution is -2.51. The van der Waals surface area contributed by atoms with Gasteiger partial charge in [0, 0.05) is 45.7 Å². The normalized spacial score (nSPS) is 24.7. The lowest BCUT2D eigenvalue weighted by atomic mass is 9.92. The predicted molar refractivity (Wildman–Crippen MR) is 103 cm³/mol. The molecule has 0 spiro atoms. The fourth-order valence-corrected chi connectivity index (χ4v) is 3.67. The van der Waals surface area contributed by atoms with Gasteiger partial charge >= 0.3 is 6.03 Å². The Bertz CT molecular complexity index is 603. The molecule has 25 heavy (non-hydrogen) atoms. The van der Waals surface area contributed by atoms with E-state index in [9.17, 15) is 4.79 Å². The fourth-order valence-electron chi connectivity index (χ4n) is 3.36. The third-order valence-corrected chi connectivity index (χ3v) is 5.45. The van der Waals surface area contributed by atoms with E-state index in [2.05, 4.69) is 5.32 Å². The summed E-state index contributed by atoms with van der Waals surface area (Å²) in [6.45, 7) is 4.43. The zero-order valence-corrected chi connectivity index (χ0v) is 16.5. The van der Waals surface area contributed by atoms with Crippen molar-refractivity contribution in [2.75, 3.05) is 46.4 Å². The van der Waals surface area contributed by atoms with E-state index in [1.807, 2.05) is 30.1 Å². The van der Waals surface area contributed by atoms with E-state index in [-0.39, 0.29) is 30.5 Å². The Balaban J connectivity index is 0.00000225. The summed E-state index contributed by atoms with van der Waals surface area (Å²) in [6.07, 6.45) is 0.928. The largest absolute Gasteiger partial charge is 0.374 e. The first-order valence-corrected chi connectivity index (χ1v) is 9.09.